The molecular formula is C20H27NO. The summed E-state index contributed by atoms with van der Waals surface area (Å²) in [5.41, 5.74) is 2.70. The zero-order valence-electron chi connectivity index (χ0n) is 13.7. The lowest BCUT2D eigenvalue weighted by molar-refractivity contribution is 0.0272. The van der Waals surface area contributed by atoms with E-state index in [0.717, 1.165) is 32.7 Å². The third-order valence-electron chi connectivity index (χ3n) is 3.82. The average Bonchev–Trinajstić information content (AvgIpc) is 2.56. The Bertz CT molecular complexity index is 470. The monoisotopic (exact) mass is 297 g/mol. The Morgan fingerprint density at radius 2 is 1.32 bits per heavy atom. The molecule has 22 heavy (non-hydrogen) atoms. The summed E-state index contributed by atoms with van der Waals surface area (Å²) < 4.78 is 5.86. The fourth-order valence-electron chi connectivity index (χ4n) is 2.69. The van der Waals surface area contributed by atoms with E-state index in [9.17, 15) is 0 Å². The first kappa shape index (κ1) is 16.7. The molecule has 2 rings (SSSR count). The van der Waals surface area contributed by atoms with Gasteiger partial charge in [0.2, 0.25) is 0 Å². The van der Waals surface area contributed by atoms with Crippen molar-refractivity contribution in [3.8, 4) is 0 Å². The van der Waals surface area contributed by atoms with Gasteiger partial charge in [0, 0.05) is 26.2 Å². The van der Waals surface area contributed by atoms with Gasteiger partial charge < -0.3 is 4.74 Å². The van der Waals surface area contributed by atoms with E-state index in [0.29, 0.717) is 6.10 Å². The predicted octanol–water partition coefficient (Wildman–Crippen LogP) is 4.50. The van der Waals surface area contributed by atoms with Crippen LogP contribution in [0.2, 0.25) is 0 Å². The minimum absolute atomic E-state index is 0.303. The Morgan fingerprint density at radius 1 is 0.818 bits per heavy atom. The standard InChI is InChI=1S/C20H27NO/c1-3-20(22-4-2)17-21(15-18-11-7-5-8-12-18)16-19-13-9-6-10-14-19/h5-14,20H,3-4,15-17H2,1-2H3. The van der Waals surface area contributed by atoms with E-state index in [1.54, 1.807) is 0 Å². The Labute approximate surface area is 134 Å². The molecule has 1 atom stereocenters. The fourth-order valence-corrected chi connectivity index (χ4v) is 2.69. The Hall–Kier alpha value is -1.64. The van der Waals surface area contributed by atoms with Crippen LogP contribution in [-0.4, -0.2) is 24.2 Å². The summed E-state index contributed by atoms with van der Waals surface area (Å²) in [6.07, 6.45) is 1.35. The molecule has 1 unspecified atom stereocenters. The third kappa shape index (κ3) is 5.63. The lowest BCUT2D eigenvalue weighted by Crippen LogP contribution is -2.33. The van der Waals surface area contributed by atoms with Crippen LogP contribution in [0.25, 0.3) is 0 Å². The Kier molecular flexibility index (Phi) is 7.14. The summed E-state index contributed by atoms with van der Waals surface area (Å²) >= 11 is 0. The largest absolute Gasteiger partial charge is 0.377 e. The highest BCUT2D eigenvalue weighted by atomic mass is 16.5. The number of hydrogen-bond donors (Lipinski definition) is 0. The van der Waals surface area contributed by atoms with Crippen molar-refractivity contribution in [3.05, 3.63) is 71.8 Å². The number of ether oxygens (including phenoxy) is 1. The van der Waals surface area contributed by atoms with E-state index in [4.69, 9.17) is 4.74 Å². The molecule has 0 amide bonds. The van der Waals surface area contributed by atoms with Gasteiger partial charge in [0.15, 0.2) is 0 Å². The molecule has 118 valence electrons. The van der Waals surface area contributed by atoms with E-state index in [1.807, 2.05) is 0 Å². The Morgan fingerprint density at radius 3 is 1.73 bits per heavy atom. The molecule has 0 N–H and O–H groups in total. The Balaban J connectivity index is 2.05. The molecule has 2 heteroatoms. The van der Waals surface area contributed by atoms with Crippen molar-refractivity contribution in [2.45, 2.75) is 39.5 Å². The highest BCUT2D eigenvalue weighted by Gasteiger charge is 2.14. The van der Waals surface area contributed by atoms with Crippen LogP contribution in [0.3, 0.4) is 0 Å². The summed E-state index contributed by atoms with van der Waals surface area (Å²) in [5, 5.41) is 0. The smallest absolute Gasteiger partial charge is 0.0699 e. The molecule has 2 aromatic rings. The predicted molar refractivity (Wildman–Crippen MR) is 92.7 cm³/mol. The second kappa shape index (κ2) is 9.39. The van der Waals surface area contributed by atoms with Crippen molar-refractivity contribution in [2.75, 3.05) is 13.2 Å². The summed E-state index contributed by atoms with van der Waals surface area (Å²) in [4.78, 5) is 2.48. The molecule has 2 aromatic carbocycles. The van der Waals surface area contributed by atoms with E-state index in [1.165, 1.54) is 11.1 Å². The van der Waals surface area contributed by atoms with Gasteiger partial charge in [0.25, 0.3) is 0 Å². The van der Waals surface area contributed by atoms with Crippen LogP contribution in [0, 0.1) is 0 Å². The molecular weight excluding hydrogens is 270 g/mol. The van der Waals surface area contributed by atoms with Crippen LogP contribution < -0.4 is 0 Å². The highest BCUT2D eigenvalue weighted by Crippen LogP contribution is 2.12. The maximum absolute atomic E-state index is 5.86. The van der Waals surface area contributed by atoms with Crippen molar-refractivity contribution in [1.82, 2.24) is 4.90 Å². The second-order valence-electron chi connectivity index (χ2n) is 5.63. The number of nitrogens with zero attached hydrogens (tertiary/aromatic N) is 1. The number of hydrogen-bond acceptors (Lipinski definition) is 2. The van der Waals surface area contributed by atoms with Gasteiger partial charge in [-0.15, -0.1) is 0 Å². The zero-order valence-corrected chi connectivity index (χ0v) is 13.7. The molecule has 0 aromatic heterocycles. The van der Waals surface area contributed by atoms with E-state index >= 15 is 0 Å². The maximum Gasteiger partial charge on any atom is 0.0699 e. The van der Waals surface area contributed by atoms with Crippen LogP contribution in [0.1, 0.15) is 31.4 Å². The topological polar surface area (TPSA) is 12.5 Å². The van der Waals surface area contributed by atoms with Gasteiger partial charge in [0.05, 0.1) is 6.10 Å². The van der Waals surface area contributed by atoms with E-state index < -0.39 is 0 Å². The molecule has 0 heterocycles. The van der Waals surface area contributed by atoms with Gasteiger partial charge in [-0.1, -0.05) is 67.6 Å². The van der Waals surface area contributed by atoms with E-state index in [2.05, 4.69) is 79.4 Å². The molecule has 0 saturated heterocycles. The summed E-state index contributed by atoms with van der Waals surface area (Å²) in [6, 6.07) is 21.3. The third-order valence-corrected chi connectivity index (χ3v) is 3.82. The first-order chi connectivity index (χ1) is 10.8. The van der Waals surface area contributed by atoms with Crippen LogP contribution in [0.5, 0.6) is 0 Å². The average molecular weight is 297 g/mol. The summed E-state index contributed by atoms with van der Waals surface area (Å²) in [5.74, 6) is 0. The molecule has 0 radical (unpaired) electrons. The molecule has 2 nitrogen and oxygen atoms in total. The van der Waals surface area contributed by atoms with Gasteiger partial charge in [0.1, 0.15) is 0 Å². The van der Waals surface area contributed by atoms with Gasteiger partial charge >= 0.3 is 0 Å². The molecule has 0 saturated carbocycles. The molecule has 0 aliphatic carbocycles. The van der Waals surface area contributed by atoms with Gasteiger partial charge in [-0.3, -0.25) is 4.90 Å². The lowest BCUT2D eigenvalue weighted by Gasteiger charge is -2.27. The van der Waals surface area contributed by atoms with Gasteiger partial charge in [-0.2, -0.15) is 0 Å². The summed E-state index contributed by atoms with van der Waals surface area (Å²) in [7, 11) is 0. The maximum atomic E-state index is 5.86. The second-order valence-corrected chi connectivity index (χ2v) is 5.63. The number of rotatable bonds is 9. The SMILES string of the molecule is CCOC(CC)CN(Cc1ccccc1)Cc1ccccc1. The normalized spacial score (nSPS) is 12.5. The number of benzene rings is 2. The lowest BCUT2D eigenvalue weighted by atomic mass is 10.1. The van der Waals surface area contributed by atoms with Crippen molar-refractivity contribution in [1.29, 1.82) is 0 Å². The van der Waals surface area contributed by atoms with Crippen molar-refractivity contribution < 1.29 is 4.74 Å². The molecule has 0 aliphatic heterocycles. The molecule has 0 aliphatic rings. The molecule has 0 bridgehead atoms. The first-order valence-corrected chi connectivity index (χ1v) is 8.23. The van der Waals surface area contributed by atoms with Crippen molar-refractivity contribution in [3.63, 3.8) is 0 Å². The van der Waals surface area contributed by atoms with Crippen LogP contribution in [0.15, 0.2) is 60.7 Å². The summed E-state index contributed by atoms with van der Waals surface area (Å²) in [6.45, 7) is 7.93. The minimum Gasteiger partial charge on any atom is -0.377 e. The van der Waals surface area contributed by atoms with E-state index in [-0.39, 0.29) is 0 Å². The molecule has 0 spiro atoms. The van der Waals surface area contributed by atoms with Gasteiger partial charge in [-0.25, -0.2) is 0 Å². The van der Waals surface area contributed by atoms with Gasteiger partial charge in [-0.05, 0) is 24.5 Å². The van der Waals surface area contributed by atoms with Crippen LogP contribution in [0.4, 0.5) is 0 Å². The van der Waals surface area contributed by atoms with Crippen molar-refractivity contribution >= 4 is 0 Å². The highest BCUT2D eigenvalue weighted by molar-refractivity contribution is 5.17. The quantitative estimate of drug-likeness (QED) is 0.675. The fraction of sp³-hybridized carbons (Fsp3) is 0.400. The van der Waals surface area contributed by atoms with Crippen molar-refractivity contribution in [2.24, 2.45) is 0 Å². The molecule has 0 fully saturated rings. The van der Waals surface area contributed by atoms with Crippen LogP contribution in [-0.2, 0) is 17.8 Å². The zero-order chi connectivity index (χ0) is 15.6. The van der Waals surface area contributed by atoms with Crippen LogP contribution >= 0.6 is 0 Å². The first-order valence-electron chi connectivity index (χ1n) is 8.23. The minimum atomic E-state index is 0.303.